The molecule has 0 atom stereocenters. The predicted octanol–water partition coefficient (Wildman–Crippen LogP) is 37.0. The maximum absolute atomic E-state index is 6.52. The third kappa shape index (κ3) is 12.0. The number of thiophene rings is 5. The van der Waals surface area contributed by atoms with Gasteiger partial charge in [0.15, 0.2) is 29.1 Å². The molecule has 0 amide bonds. The largest absolute Gasteiger partial charge is 0.437 e. The smallest absolute Gasteiger partial charge is 0.233 e. The molecule has 17 heteroatoms. The summed E-state index contributed by atoms with van der Waals surface area (Å²) in [6.07, 6.45) is 3.66. The standard InChI is InChI=1S/C49H26N4S3.C42H23N3OS.C38H21N3OS/c1-2-15-31-30(14-1)41-32-16-3-7-19-37(32)53(45(41)43-34-18-6-9-21-39(34)55-47(31)43)28-24-35-29-13-4-8-20-38(29)54-46(35)36(25-28)44-42-33-17-5-10-22-40(33)56-49(42)52-48(51-44)27-12-11-23-50-26-27;1-2-12-25-23-26(22-21-24(25)11-1)40-43-41(37-30-16-6-9-19-33(30)46-42(37)44-40)45-32-18-8-5-15-29(32)35-27-13-3-4-14-28(27)39-36(38(35)45)31-17-7-10-20-34(31)47-39;1-2-12-22(13-3-1)36-39-37(33-26-17-7-10-20-29(26)42-38(33)40-36)41-28-19-9-6-16-25(28)31-23-14-4-5-15-24(23)35-32(34(31)41)27-18-8-11-21-30(27)43-35/h1-26H;1-23H;1-21H. The van der Waals surface area contributed by atoms with Crippen LogP contribution in [0.2, 0.25) is 0 Å². The fourth-order valence-electron chi connectivity index (χ4n) is 23.3. The third-order valence-electron chi connectivity index (χ3n) is 29.5. The van der Waals surface area contributed by atoms with E-state index in [1.165, 1.54) is 172 Å². The Morgan fingerprint density at radius 1 is 0.219 bits per heavy atom. The second kappa shape index (κ2) is 31.7. The Morgan fingerprint density at radius 2 is 0.596 bits per heavy atom. The normalized spacial score (nSPS) is 12.2. The molecule has 0 N–H and O–H groups in total. The summed E-state index contributed by atoms with van der Waals surface area (Å²) < 4.78 is 31.7. The summed E-state index contributed by atoms with van der Waals surface area (Å²) >= 11 is 9.20. The Bertz CT molecular complexity index is 11700. The van der Waals surface area contributed by atoms with Crippen molar-refractivity contribution in [1.29, 1.82) is 0 Å². The molecule has 0 radical (unpaired) electrons. The highest BCUT2D eigenvalue weighted by molar-refractivity contribution is 7.28. The van der Waals surface area contributed by atoms with E-state index in [9.17, 15) is 0 Å². The molecule has 0 aliphatic rings. The lowest BCUT2D eigenvalue weighted by Gasteiger charge is -2.14. The molecule has 14 aromatic heterocycles. The number of para-hydroxylation sites is 5. The first-order chi connectivity index (χ1) is 72.4. The summed E-state index contributed by atoms with van der Waals surface area (Å²) in [4.78, 5) is 37.1. The number of rotatable bonds is 7. The van der Waals surface area contributed by atoms with Crippen molar-refractivity contribution in [2.75, 3.05) is 0 Å². The molecule has 20 aromatic carbocycles. The summed E-state index contributed by atoms with van der Waals surface area (Å²) in [7, 11) is 0. The lowest BCUT2D eigenvalue weighted by Crippen LogP contribution is -2.02. The number of fused-ring (bicyclic) bond motifs is 43. The van der Waals surface area contributed by atoms with Crippen molar-refractivity contribution in [1.82, 2.24) is 48.6 Å². The van der Waals surface area contributed by atoms with Gasteiger partial charge in [-0.1, -0.05) is 322 Å². The number of furan rings is 2. The van der Waals surface area contributed by atoms with E-state index in [1.807, 2.05) is 100 Å². The van der Waals surface area contributed by atoms with Gasteiger partial charge in [0, 0.05) is 196 Å². The fourth-order valence-corrected chi connectivity index (χ4v) is 29.3. The number of aromatic nitrogens is 10. The van der Waals surface area contributed by atoms with E-state index in [0.717, 1.165) is 116 Å². The molecule has 0 unspecified atom stereocenters. The molecule has 0 saturated heterocycles. The minimum atomic E-state index is 0.581. The number of pyridine rings is 1. The van der Waals surface area contributed by atoms with Crippen LogP contribution in [0, 0.1) is 0 Å². The van der Waals surface area contributed by atoms with Gasteiger partial charge < -0.3 is 13.4 Å². The molecule has 0 aliphatic heterocycles. The van der Waals surface area contributed by atoms with Crippen LogP contribution < -0.4 is 0 Å². The van der Waals surface area contributed by atoms with Crippen LogP contribution in [0.5, 0.6) is 0 Å². The van der Waals surface area contributed by atoms with Crippen LogP contribution in [0.1, 0.15) is 0 Å². The first-order valence-electron chi connectivity index (χ1n) is 48.7. The quantitative estimate of drug-likeness (QED) is 0.153. The maximum Gasteiger partial charge on any atom is 0.233 e. The molecule has 146 heavy (non-hydrogen) atoms. The van der Waals surface area contributed by atoms with Crippen molar-refractivity contribution in [3.63, 3.8) is 0 Å². The molecule has 0 fully saturated rings. The Labute approximate surface area is 848 Å². The number of hydrogen-bond donors (Lipinski definition) is 0. The predicted molar refractivity (Wildman–Crippen MR) is 618 cm³/mol. The van der Waals surface area contributed by atoms with Gasteiger partial charge in [0.25, 0.3) is 0 Å². The molecule has 12 nitrogen and oxygen atoms in total. The van der Waals surface area contributed by atoms with Crippen molar-refractivity contribution in [2.24, 2.45) is 0 Å². The molecule has 14 heterocycles. The molecular weight excluding hydrogens is 1880 g/mol. The minimum absolute atomic E-state index is 0.581. The second-order valence-corrected chi connectivity index (χ2v) is 42.6. The summed E-state index contributed by atoms with van der Waals surface area (Å²) in [6, 6.07) is 147. The highest BCUT2D eigenvalue weighted by atomic mass is 32.1. The van der Waals surface area contributed by atoms with Gasteiger partial charge in [0.05, 0.1) is 49.6 Å². The van der Waals surface area contributed by atoms with Gasteiger partial charge in [-0.25, -0.2) is 19.9 Å². The van der Waals surface area contributed by atoms with Crippen molar-refractivity contribution in [3.8, 4) is 62.7 Å². The van der Waals surface area contributed by atoms with Crippen LogP contribution in [0.3, 0.4) is 0 Å². The van der Waals surface area contributed by atoms with Crippen molar-refractivity contribution < 1.29 is 8.83 Å². The first-order valence-corrected chi connectivity index (χ1v) is 52.8. The first kappa shape index (κ1) is 81.6. The lowest BCUT2D eigenvalue weighted by molar-refractivity contribution is 0.652. The SMILES string of the molecule is c1ccc(-c2nc(-n3c4ccccc4c4c5ccccc5c5sc6ccccc6c5c43)c3c(n2)oc2ccccc23)cc1.c1ccc2cc(-c3nc(-n4c5ccccc5c5c6ccccc6c6sc7ccccc7c6c54)c4c(n3)oc3ccccc34)ccc2c1.c1cncc(-c2nc(-c3cc(-n4c5ccccc5c5c6ccccc6c6sc7ccccc7c6c54)cc4c3sc3ccccc34)c3c(n2)sc2ccccc23)c1. The molecule has 0 spiro atoms. The van der Waals surface area contributed by atoms with Crippen molar-refractivity contribution in [3.05, 3.63) is 425 Å². The molecule has 0 saturated carbocycles. The summed E-state index contributed by atoms with van der Waals surface area (Å²) in [5.41, 5.74) is 15.7. The van der Waals surface area contributed by atoms with Crippen LogP contribution in [0.25, 0.3) is 316 Å². The van der Waals surface area contributed by atoms with Crippen LogP contribution >= 0.6 is 56.7 Å². The molecule has 34 aromatic rings. The van der Waals surface area contributed by atoms with E-state index in [1.54, 1.807) is 17.5 Å². The monoisotopic (exact) mass is 1950 g/mol. The van der Waals surface area contributed by atoms with Gasteiger partial charge in [-0.15, -0.1) is 56.7 Å². The zero-order valence-corrected chi connectivity index (χ0v) is 81.3. The van der Waals surface area contributed by atoms with Gasteiger partial charge in [0.1, 0.15) is 16.0 Å². The Kier molecular flexibility index (Phi) is 17.7. The van der Waals surface area contributed by atoms with E-state index in [4.69, 9.17) is 38.7 Å². The topological polar surface area (TPSA) is 131 Å². The number of nitrogens with zero attached hydrogens (tertiary/aromatic N) is 10. The number of benzene rings is 20. The number of hydrogen-bond acceptors (Lipinski definition) is 14. The van der Waals surface area contributed by atoms with Crippen molar-refractivity contribution >= 4 is 310 Å². The van der Waals surface area contributed by atoms with E-state index in [-0.39, 0.29) is 0 Å². The van der Waals surface area contributed by atoms with Crippen LogP contribution in [-0.4, -0.2) is 48.6 Å². The van der Waals surface area contributed by atoms with Gasteiger partial charge in [-0.2, -0.15) is 9.97 Å². The van der Waals surface area contributed by atoms with E-state index in [0.29, 0.717) is 28.9 Å². The summed E-state index contributed by atoms with van der Waals surface area (Å²) in [5, 5.41) is 33.6. The summed E-state index contributed by atoms with van der Waals surface area (Å²) in [6.45, 7) is 0. The molecule has 0 aliphatic carbocycles. The zero-order chi connectivity index (χ0) is 95.2. The Balaban J connectivity index is 0.0000000985. The highest BCUT2D eigenvalue weighted by Gasteiger charge is 2.32. The van der Waals surface area contributed by atoms with Crippen molar-refractivity contribution in [2.45, 2.75) is 0 Å². The highest BCUT2D eigenvalue weighted by Crippen LogP contribution is 2.56. The average molecular weight is 1950 g/mol. The van der Waals surface area contributed by atoms with E-state index < -0.39 is 0 Å². The molecule has 678 valence electrons. The fraction of sp³-hybridized carbons (Fsp3) is 0. The minimum Gasteiger partial charge on any atom is -0.437 e. The van der Waals surface area contributed by atoms with E-state index in [2.05, 4.69) is 383 Å². The van der Waals surface area contributed by atoms with Gasteiger partial charge in [-0.3, -0.25) is 14.1 Å². The van der Waals surface area contributed by atoms with Gasteiger partial charge >= 0.3 is 0 Å². The van der Waals surface area contributed by atoms with Gasteiger partial charge in [-0.05, 0) is 118 Å². The Morgan fingerprint density at radius 3 is 1.10 bits per heavy atom. The van der Waals surface area contributed by atoms with Gasteiger partial charge in [0.2, 0.25) is 11.4 Å². The van der Waals surface area contributed by atoms with Crippen LogP contribution in [-0.2, 0) is 0 Å². The average Bonchev–Trinajstić information content (AvgIpc) is 1.52. The maximum atomic E-state index is 6.52. The zero-order valence-electron chi connectivity index (χ0n) is 77.2. The molecule has 34 rings (SSSR count). The third-order valence-corrected chi connectivity index (χ3v) is 35.4. The van der Waals surface area contributed by atoms with Crippen LogP contribution in [0.15, 0.2) is 434 Å². The second-order valence-electron chi connectivity index (χ2n) is 37.4. The van der Waals surface area contributed by atoms with Crippen LogP contribution in [0.4, 0.5) is 0 Å². The lowest BCUT2D eigenvalue weighted by atomic mass is 9.99. The van der Waals surface area contributed by atoms with E-state index >= 15 is 0 Å². The molecular formula is C129H70N10O2S5. The Hall–Kier alpha value is -18.1. The summed E-state index contributed by atoms with van der Waals surface area (Å²) in [5.74, 6) is 3.60. The molecule has 0 bridgehead atoms.